The van der Waals surface area contributed by atoms with Gasteiger partial charge in [-0.3, -0.25) is 0 Å². The molecule has 0 aromatic heterocycles. The predicted molar refractivity (Wildman–Crippen MR) is 102 cm³/mol. The van der Waals surface area contributed by atoms with Gasteiger partial charge < -0.3 is 10.2 Å². The van der Waals surface area contributed by atoms with E-state index in [1.165, 1.54) is 25.7 Å². The number of unbranched alkanes of at least 4 members (excludes halogenated alkanes) is 4. The molecule has 0 saturated heterocycles. The molecule has 0 saturated carbocycles. The van der Waals surface area contributed by atoms with Gasteiger partial charge in [0.15, 0.2) is 0 Å². The highest BCUT2D eigenvalue weighted by molar-refractivity contribution is 5.77. The quantitative estimate of drug-likeness (QED) is 0.536. The predicted octanol–water partition coefficient (Wildman–Crippen LogP) is 6.23. The summed E-state index contributed by atoms with van der Waals surface area (Å²) in [6.07, 6.45) is 8.59. The van der Waals surface area contributed by atoms with Crippen molar-refractivity contribution in [3.05, 3.63) is 47.5 Å². The van der Waals surface area contributed by atoms with Crippen LogP contribution in [-0.2, 0) is 12.8 Å². The van der Waals surface area contributed by atoms with Crippen LogP contribution in [0.1, 0.15) is 63.5 Å². The van der Waals surface area contributed by atoms with Gasteiger partial charge in [0.2, 0.25) is 0 Å². The smallest absolute Gasteiger partial charge is 0.126 e. The molecule has 0 spiro atoms. The second kappa shape index (κ2) is 9.36. The highest BCUT2D eigenvalue weighted by Crippen LogP contribution is 2.39. The second-order valence-corrected chi connectivity index (χ2v) is 6.54. The number of hydrogen-bond acceptors (Lipinski definition) is 2. The molecular formula is C22H30O2. The number of hydrogen-bond donors (Lipinski definition) is 2. The van der Waals surface area contributed by atoms with Crippen LogP contribution >= 0.6 is 0 Å². The van der Waals surface area contributed by atoms with Crippen LogP contribution in [0.4, 0.5) is 0 Å². The Labute approximate surface area is 146 Å². The van der Waals surface area contributed by atoms with Gasteiger partial charge in [0, 0.05) is 11.1 Å². The van der Waals surface area contributed by atoms with Gasteiger partial charge in [-0.1, -0.05) is 75.9 Å². The van der Waals surface area contributed by atoms with Crippen LogP contribution in [0.15, 0.2) is 36.4 Å². The van der Waals surface area contributed by atoms with Crippen LogP contribution in [0.2, 0.25) is 0 Å². The van der Waals surface area contributed by atoms with Gasteiger partial charge in [-0.15, -0.1) is 0 Å². The van der Waals surface area contributed by atoms with Crippen molar-refractivity contribution >= 4 is 0 Å². The number of aryl methyl sites for hydroxylation is 2. The molecule has 2 N–H and O–H groups in total. The van der Waals surface area contributed by atoms with Crippen molar-refractivity contribution in [2.75, 3.05) is 0 Å². The normalized spacial score (nSPS) is 10.9. The van der Waals surface area contributed by atoms with Gasteiger partial charge >= 0.3 is 0 Å². The van der Waals surface area contributed by atoms with Crippen molar-refractivity contribution in [1.82, 2.24) is 0 Å². The summed E-state index contributed by atoms with van der Waals surface area (Å²) >= 11 is 0. The Bertz CT molecular complexity index is 589. The van der Waals surface area contributed by atoms with Crippen LogP contribution < -0.4 is 0 Å². The van der Waals surface area contributed by atoms with Crippen LogP contribution in [0, 0.1) is 0 Å². The van der Waals surface area contributed by atoms with Crippen molar-refractivity contribution in [2.24, 2.45) is 0 Å². The topological polar surface area (TPSA) is 40.5 Å². The van der Waals surface area contributed by atoms with Gasteiger partial charge in [-0.2, -0.15) is 0 Å². The van der Waals surface area contributed by atoms with E-state index >= 15 is 0 Å². The number of benzene rings is 2. The lowest BCUT2D eigenvalue weighted by Gasteiger charge is -2.13. The Balaban J connectivity index is 2.27. The summed E-state index contributed by atoms with van der Waals surface area (Å²) in [5.74, 6) is 0.629. The maximum Gasteiger partial charge on any atom is 0.126 e. The van der Waals surface area contributed by atoms with E-state index < -0.39 is 0 Å². The average molecular weight is 326 g/mol. The van der Waals surface area contributed by atoms with Crippen LogP contribution in [0.25, 0.3) is 11.1 Å². The largest absolute Gasteiger partial charge is 0.507 e. The number of para-hydroxylation sites is 2. The fourth-order valence-corrected chi connectivity index (χ4v) is 3.15. The fourth-order valence-electron chi connectivity index (χ4n) is 3.15. The number of phenols is 2. The third-order valence-electron chi connectivity index (χ3n) is 4.63. The summed E-state index contributed by atoms with van der Waals surface area (Å²) < 4.78 is 0. The van der Waals surface area contributed by atoms with Gasteiger partial charge in [-0.25, -0.2) is 0 Å². The zero-order valence-corrected chi connectivity index (χ0v) is 15.0. The Kier molecular flexibility index (Phi) is 7.17. The lowest BCUT2D eigenvalue weighted by molar-refractivity contribution is 0.460. The van der Waals surface area contributed by atoms with E-state index in [-0.39, 0.29) is 0 Å². The molecule has 0 heterocycles. The van der Waals surface area contributed by atoms with Crippen molar-refractivity contribution < 1.29 is 10.2 Å². The number of rotatable bonds is 9. The minimum Gasteiger partial charge on any atom is -0.507 e. The molecule has 2 heteroatoms. The summed E-state index contributed by atoms with van der Waals surface area (Å²) in [5.41, 5.74) is 3.41. The first kappa shape index (κ1) is 18.4. The molecule has 0 fully saturated rings. The number of phenolic OH excluding ortho intramolecular Hbond substituents is 2. The molecule has 2 rings (SSSR count). The van der Waals surface area contributed by atoms with Crippen LogP contribution in [-0.4, -0.2) is 10.2 Å². The summed E-state index contributed by atoms with van der Waals surface area (Å²) in [6, 6.07) is 11.7. The van der Waals surface area contributed by atoms with Gasteiger partial charge in [0.1, 0.15) is 11.5 Å². The zero-order chi connectivity index (χ0) is 17.4. The summed E-state index contributed by atoms with van der Waals surface area (Å²) in [6.45, 7) is 4.36. The molecule has 2 nitrogen and oxygen atoms in total. The minimum atomic E-state index is 0.314. The van der Waals surface area contributed by atoms with E-state index in [1.807, 2.05) is 36.4 Å². The Morgan fingerprint density at radius 3 is 1.42 bits per heavy atom. The van der Waals surface area contributed by atoms with E-state index in [0.29, 0.717) is 11.5 Å². The molecule has 130 valence electrons. The SMILES string of the molecule is CCCCCc1cccc(-c2cccc(CCCCC)c2O)c1O. The first-order valence-corrected chi connectivity index (χ1v) is 9.31. The summed E-state index contributed by atoms with van der Waals surface area (Å²) in [4.78, 5) is 0. The van der Waals surface area contributed by atoms with E-state index in [0.717, 1.165) is 47.9 Å². The molecule has 2 aromatic carbocycles. The first-order valence-electron chi connectivity index (χ1n) is 9.31. The molecule has 2 aromatic rings. The van der Waals surface area contributed by atoms with Crippen molar-refractivity contribution in [3.8, 4) is 22.6 Å². The standard InChI is InChI=1S/C22H30O2/c1-3-5-7-11-17-13-9-15-19(21(17)23)20-16-10-14-18(22(20)24)12-8-6-4-2/h9-10,13-16,23-24H,3-8,11-12H2,1-2H3. The monoisotopic (exact) mass is 326 g/mol. The maximum absolute atomic E-state index is 10.7. The molecule has 24 heavy (non-hydrogen) atoms. The molecule has 0 aliphatic rings. The number of aromatic hydroxyl groups is 2. The zero-order valence-electron chi connectivity index (χ0n) is 15.0. The highest BCUT2D eigenvalue weighted by atomic mass is 16.3. The molecular weight excluding hydrogens is 296 g/mol. The molecule has 0 radical (unpaired) electrons. The van der Waals surface area contributed by atoms with Crippen molar-refractivity contribution in [1.29, 1.82) is 0 Å². The minimum absolute atomic E-state index is 0.314. The third-order valence-corrected chi connectivity index (χ3v) is 4.63. The van der Waals surface area contributed by atoms with Crippen molar-refractivity contribution in [3.63, 3.8) is 0 Å². The molecule has 0 aliphatic heterocycles. The highest BCUT2D eigenvalue weighted by Gasteiger charge is 2.14. The fraction of sp³-hybridized carbons (Fsp3) is 0.455. The lowest BCUT2D eigenvalue weighted by Crippen LogP contribution is -1.92. The van der Waals surface area contributed by atoms with Crippen LogP contribution in [0.5, 0.6) is 11.5 Å². The Hall–Kier alpha value is -1.96. The summed E-state index contributed by atoms with van der Waals surface area (Å²) in [5, 5.41) is 21.3. The van der Waals surface area contributed by atoms with Crippen LogP contribution in [0.3, 0.4) is 0 Å². The van der Waals surface area contributed by atoms with E-state index in [2.05, 4.69) is 13.8 Å². The molecule has 0 bridgehead atoms. The van der Waals surface area contributed by atoms with Gasteiger partial charge in [-0.05, 0) is 36.8 Å². The van der Waals surface area contributed by atoms with E-state index in [9.17, 15) is 10.2 Å². The average Bonchev–Trinajstić information content (AvgIpc) is 2.59. The van der Waals surface area contributed by atoms with Gasteiger partial charge in [0.25, 0.3) is 0 Å². The Morgan fingerprint density at radius 1 is 0.625 bits per heavy atom. The second-order valence-electron chi connectivity index (χ2n) is 6.54. The summed E-state index contributed by atoms with van der Waals surface area (Å²) in [7, 11) is 0. The molecule has 0 amide bonds. The van der Waals surface area contributed by atoms with Gasteiger partial charge in [0.05, 0.1) is 0 Å². The molecule has 0 unspecified atom stereocenters. The molecule has 0 aliphatic carbocycles. The Morgan fingerprint density at radius 2 is 1.04 bits per heavy atom. The third kappa shape index (κ3) is 4.53. The van der Waals surface area contributed by atoms with E-state index in [1.54, 1.807) is 0 Å². The maximum atomic E-state index is 10.7. The lowest BCUT2D eigenvalue weighted by atomic mass is 9.95. The van der Waals surface area contributed by atoms with E-state index in [4.69, 9.17) is 0 Å². The van der Waals surface area contributed by atoms with Crippen molar-refractivity contribution in [2.45, 2.75) is 65.2 Å². The first-order chi connectivity index (χ1) is 11.7. The molecule has 0 atom stereocenters.